The van der Waals surface area contributed by atoms with Gasteiger partial charge in [-0.05, 0) is 42.5 Å². The van der Waals surface area contributed by atoms with Crippen LogP contribution in [0.5, 0.6) is 0 Å². The molecular formula is C23H14Cl2N2O5. The van der Waals surface area contributed by atoms with Gasteiger partial charge in [0.25, 0.3) is 17.7 Å². The molecule has 0 bridgehead atoms. The van der Waals surface area contributed by atoms with Gasteiger partial charge in [0.05, 0.1) is 38.1 Å². The number of ether oxygens (including phenoxy) is 1. The number of hydrogen-bond acceptors (Lipinski definition) is 5. The first-order valence-corrected chi connectivity index (χ1v) is 10.1. The summed E-state index contributed by atoms with van der Waals surface area (Å²) >= 11 is 12.0. The summed E-state index contributed by atoms with van der Waals surface area (Å²) in [6.45, 7) is -0.586. The van der Waals surface area contributed by atoms with E-state index >= 15 is 0 Å². The second-order valence-corrected chi connectivity index (χ2v) is 7.58. The van der Waals surface area contributed by atoms with E-state index < -0.39 is 30.3 Å². The predicted molar refractivity (Wildman–Crippen MR) is 119 cm³/mol. The van der Waals surface area contributed by atoms with Crippen molar-refractivity contribution in [2.24, 2.45) is 0 Å². The minimum absolute atomic E-state index is 0.0719. The number of imide groups is 1. The van der Waals surface area contributed by atoms with E-state index in [9.17, 15) is 19.2 Å². The Hall–Kier alpha value is -3.68. The molecule has 0 fully saturated rings. The fourth-order valence-corrected chi connectivity index (χ4v) is 3.69. The van der Waals surface area contributed by atoms with Crippen molar-refractivity contribution in [1.29, 1.82) is 0 Å². The van der Waals surface area contributed by atoms with Gasteiger partial charge in [-0.2, -0.15) is 0 Å². The molecule has 0 saturated carbocycles. The lowest BCUT2D eigenvalue weighted by atomic mass is 10.1. The number of esters is 1. The molecule has 1 aliphatic heterocycles. The molecule has 0 saturated heterocycles. The highest BCUT2D eigenvalue weighted by molar-refractivity contribution is 6.39. The Labute approximate surface area is 192 Å². The van der Waals surface area contributed by atoms with Crippen molar-refractivity contribution in [3.8, 4) is 0 Å². The molecule has 1 N–H and O–H groups in total. The van der Waals surface area contributed by atoms with Gasteiger partial charge in [-0.15, -0.1) is 0 Å². The number of amides is 3. The number of fused-ring (bicyclic) bond motifs is 1. The third kappa shape index (κ3) is 4.08. The summed E-state index contributed by atoms with van der Waals surface area (Å²) in [4.78, 5) is 50.9. The van der Waals surface area contributed by atoms with E-state index in [0.717, 1.165) is 4.90 Å². The van der Waals surface area contributed by atoms with E-state index in [1.807, 2.05) is 0 Å². The number of nitrogens with zero attached hydrogens (tertiary/aromatic N) is 1. The van der Waals surface area contributed by atoms with E-state index in [0.29, 0.717) is 11.1 Å². The van der Waals surface area contributed by atoms with Gasteiger partial charge in [0.1, 0.15) is 0 Å². The molecule has 0 aliphatic carbocycles. The van der Waals surface area contributed by atoms with Crippen LogP contribution in [0.15, 0.2) is 66.7 Å². The second-order valence-electron chi connectivity index (χ2n) is 6.76. The molecule has 0 radical (unpaired) electrons. The maximum Gasteiger partial charge on any atom is 0.338 e. The molecular weight excluding hydrogens is 455 g/mol. The highest BCUT2D eigenvalue weighted by Crippen LogP contribution is 2.30. The van der Waals surface area contributed by atoms with Crippen LogP contribution >= 0.6 is 23.2 Å². The zero-order chi connectivity index (χ0) is 22.8. The maximum absolute atomic E-state index is 12.6. The maximum atomic E-state index is 12.6. The molecule has 0 atom stereocenters. The predicted octanol–water partition coefficient (Wildman–Crippen LogP) is 4.59. The van der Waals surface area contributed by atoms with Gasteiger partial charge in [-0.1, -0.05) is 47.5 Å². The second kappa shape index (κ2) is 8.82. The number of benzene rings is 3. The average Bonchev–Trinajstić information content (AvgIpc) is 3.05. The number of halogens is 2. The number of rotatable bonds is 5. The van der Waals surface area contributed by atoms with Crippen LogP contribution in [0.1, 0.15) is 31.1 Å². The molecule has 160 valence electrons. The van der Waals surface area contributed by atoms with Crippen LogP contribution in [0.4, 0.5) is 11.4 Å². The monoisotopic (exact) mass is 468 g/mol. The van der Waals surface area contributed by atoms with Crippen LogP contribution in [-0.4, -0.2) is 30.3 Å². The van der Waals surface area contributed by atoms with Gasteiger partial charge in [-0.3, -0.25) is 14.4 Å². The zero-order valence-corrected chi connectivity index (χ0v) is 17.8. The zero-order valence-electron chi connectivity index (χ0n) is 16.3. The van der Waals surface area contributed by atoms with Gasteiger partial charge in [-0.25, -0.2) is 9.69 Å². The molecule has 1 aliphatic rings. The van der Waals surface area contributed by atoms with E-state index in [2.05, 4.69) is 5.32 Å². The first-order valence-electron chi connectivity index (χ1n) is 9.35. The van der Waals surface area contributed by atoms with Crippen LogP contribution in [0.2, 0.25) is 10.0 Å². The number of carbonyl (C=O) groups is 4. The number of para-hydroxylation sites is 1. The van der Waals surface area contributed by atoms with Crippen LogP contribution in [0.3, 0.4) is 0 Å². The van der Waals surface area contributed by atoms with Crippen molar-refractivity contribution in [3.05, 3.63) is 93.5 Å². The van der Waals surface area contributed by atoms with Crippen molar-refractivity contribution in [2.75, 3.05) is 16.8 Å². The first kappa shape index (κ1) is 21.5. The lowest BCUT2D eigenvalue weighted by Gasteiger charge is -2.15. The van der Waals surface area contributed by atoms with Crippen molar-refractivity contribution < 1.29 is 23.9 Å². The number of carbonyl (C=O) groups excluding carboxylic acids is 4. The van der Waals surface area contributed by atoms with Gasteiger partial charge >= 0.3 is 5.97 Å². The normalized spacial score (nSPS) is 12.5. The van der Waals surface area contributed by atoms with Gasteiger partial charge in [0.15, 0.2) is 6.61 Å². The van der Waals surface area contributed by atoms with Gasteiger partial charge < -0.3 is 10.1 Å². The quantitative estimate of drug-likeness (QED) is 0.436. The molecule has 3 aromatic carbocycles. The molecule has 0 unspecified atom stereocenters. The van der Waals surface area contributed by atoms with E-state index in [4.69, 9.17) is 27.9 Å². The van der Waals surface area contributed by atoms with Crippen LogP contribution in [-0.2, 0) is 9.53 Å². The van der Waals surface area contributed by atoms with Crippen LogP contribution in [0.25, 0.3) is 0 Å². The number of anilines is 2. The average molecular weight is 469 g/mol. The fraction of sp³-hybridized carbons (Fsp3) is 0.0435. The van der Waals surface area contributed by atoms with Gasteiger partial charge in [0.2, 0.25) is 0 Å². The summed E-state index contributed by atoms with van der Waals surface area (Å²) in [6, 6.07) is 17.1. The third-order valence-electron chi connectivity index (χ3n) is 4.70. The number of hydrogen-bond donors (Lipinski definition) is 1. The Balaban J connectivity index is 1.45. The van der Waals surface area contributed by atoms with Crippen molar-refractivity contribution in [3.63, 3.8) is 0 Å². The lowest BCUT2D eigenvalue weighted by molar-refractivity contribution is -0.119. The van der Waals surface area contributed by atoms with Crippen LogP contribution in [0, 0.1) is 0 Å². The lowest BCUT2D eigenvalue weighted by Crippen LogP contribution is -2.29. The van der Waals surface area contributed by atoms with E-state index in [-0.39, 0.29) is 27.0 Å². The summed E-state index contributed by atoms with van der Waals surface area (Å²) in [5.41, 5.74) is 1.09. The Morgan fingerprint density at radius 1 is 0.844 bits per heavy atom. The minimum Gasteiger partial charge on any atom is -0.452 e. The summed E-state index contributed by atoms with van der Waals surface area (Å²) in [6.07, 6.45) is 0. The SMILES string of the molecule is O=C(COC(=O)c1cccc(N2C(=O)c3ccccc3C2=O)c1)Nc1c(Cl)cccc1Cl. The smallest absolute Gasteiger partial charge is 0.338 e. The molecule has 1 heterocycles. The fourth-order valence-electron chi connectivity index (χ4n) is 3.20. The standard InChI is InChI=1S/C23H14Cl2N2O5/c24-17-9-4-10-18(25)20(17)26-19(28)12-32-23(31)13-5-3-6-14(11-13)27-21(29)15-7-1-2-8-16(15)22(27)30/h1-11H,12H2,(H,26,28). The Morgan fingerprint density at radius 3 is 2.06 bits per heavy atom. The van der Waals surface area contributed by atoms with Crippen LogP contribution < -0.4 is 10.2 Å². The van der Waals surface area contributed by atoms with Crippen molar-refractivity contribution in [2.45, 2.75) is 0 Å². The summed E-state index contributed by atoms with van der Waals surface area (Å²) in [7, 11) is 0. The van der Waals surface area contributed by atoms with E-state index in [1.165, 1.54) is 24.3 Å². The molecule has 9 heteroatoms. The van der Waals surface area contributed by atoms with E-state index in [1.54, 1.807) is 42.5 Å². The first-order chi connectivity index (χ1) is 15.4. The molecule has 3 amide bonds. The Bertz CT molecular complexity index is 1220. The minimum atomic E-state index is -0.802. The summed E-state index contributed by atoms with van der Waals surface area (Å²) in [5, 5.41) is 2.97. The Kier molecular flexibility index (Phi) is 5.94. The summed E-state index contributed by atoms with van der Waals surface area (Å²) < 4.78 is 5.05. The third-order valence-corrected chi connectivity index (χ3v) is 5.33. The van der Waals surface area contributed by atoms with Gasteiger partial charge in [0, 0.05) is 0 Å². The molecule has 7 nitrogen and oxygen atoms in total. The largest absolute Gasteiger partial charge is 0.452 e. The number of nitrogens with one attached hydrogen (secondary N) is 1. The molecule has 4 rings (SSSR count). The molecule has 3 aromatic rings. The summed E-state index contributed by atoms with van der Waals surface area (Å²) in [5.74, 6) is -2.40. The highest BCUT2D eigenvalue weighted by atomic mass is 35.5. The van der Waals surface area contributed by atoms with Crippen molar-refractivity contribution >= 4 is 58.3 Å². The highest BCUT2D eigenvalue weighted by Gasteiger charge is 2.36. The Morgan fingerprint density at radius 2 is 1.44 bits per heavy atom. The topological polar surface area (TPSA) is 92.8 Å². The molecule has 32 heavy (non-hydrogen) atoms. The molecule has 0 spiro atoms. The van der Waals surface area contributed by atoms with Crippen molar-refractivity contribution in [1.82, 2.24) is 0 Å². The molecule has 0 aromatic heterocycles.